The highest BCUT2D eigenvalue weighted by atomic mass is 19.1. The van der Waals surface area contributed by atoms with E-state index < -0.39 is 0 Å². The van der Waals surface area contributed by atoms with Crippen LogP contribution in [0.2, 0.25) is 0 Å². The van der Waals surface area contributed by atoms with Crippen LogP contribution in [0.5, 0.6) is 0 Å². The molecule has 180 valence electrons. The number of nitrogens with one attached hydrogen (secondary N) is 1. The minimum atomic E-state index is -0.202. The Morgan fingerprint density at radius 3 is 2.53 bits per heavy atom. The molecule has 2 aliphatic heterocycles. The second-order valence-electron chi connectivity index (χ2n) is 9.53. The first-order chi connectivity index (χ1) is 16.7. The lowest BCUT2D eigenvalue weighted by Crippen LogP contribution is -2.42. The van der Waals surface area contributed by atoms with Crippen molar-refractivity contribution in [2.45, 2.75) is 38.6 Å². The number of aromatic nitrogens is 2. The zero-order valence-electron chi connectivity index (χ0n) is 19.8. The van der Waals surface area contributed by atoms with Gasteiger partial charge in [0.1, 0.15) is 5.82 Å². The number of hydrogen-bond donors (Lipinski definition) is 1. The monoisotopic (exact) mass is 463 g/mol. The third kappa shape index (κ3) is 5.09. The summed E-state index contributed by atoms with van der Waals surface area (Å²) in [5.74, 6) is 0.883. The molecule has 3 aromatic rings. The van der Waals surface area contributed by atoms with Crippen molar-refractivity contribution in [1.29, 1.82) is 0 Å². The number of likely N-dealkylation sites (tertiary alicyclic amines) is 1. The zero-order chi connectivity index (χ0) is 23.3. The molecule has 0 unspecified atom stereocenters. The van der Waals surface area contributed by atoms with Gasteiger partial charge in [0.25, 0.3) is 0 Å². The Bertz CT molecular complexity index is 1120. The Kier molecular flexibility index (Phi) is 7.09. The van der Waals surface area contributed by atoms with Gasteiger partial charge in [-0.1, -0.05) is 30.3 Å². The maximum absolute atomic E-state index is 14.4. The Balaban J connectivity index is 1.21. The van der Waals surface area contributed by atoms with Gasteiger partial charge in [0.2, 0.25) is 11.9 Å². The third-order valence-electron chi connectivity index (χ3n) is 7.22. The van der Waals surface area contributed by atoms with Crippen LogP contribution in [0.3, 0.4) is 0 Å². The first kappa shape index (κ1) is 22.8. The Labute approximate surface area is 200 Å². The summed E-state index contributed by atoms with van der Waals surface area (Å²) in [6.45, 7) is 6.21. The van der Waals surface area contributed by atoms with Crippen LogP contribution < -0.4 is 10.2 Å². The smallest absolute Gasteiger partial charge is 0.223 e. The van der Waals surface area contributed by atoms with Crippen molar-refractivity contribution in [3.05, 3.63) is 59.9 Å². The quantitative estimate of drug-likeness (QED) is 0.513. The largest absolute Gasteiger partial charge is 0.356 e. The van der Waals surface area contributed by atoms with Gasteiger partial charge in [0.15, 0.2) is 0 Å². The molecule has 34 heavy (non-hydrogen) atoms. The average molecular weight is 464 g/mol. The topological polar surface area (TPSA) is 53.4 Å². The standard InChI is InChI=1S/C27H34FN5O/c28-23-9-2-1-8-22(23)20-33-25-11-4-3-10-24(25)30-27(33)32-18-12-21(13-19-32)26(34)29-14-7-17-31-15-5-6-16-31/h1-4,8-11,21H,5-7,12-20H2,(H,29,34). The minimum Gasteiger partial charge on any atom is -0.356 e. The highest BCUT2D eigenvalue weighted by Crippen LogP contribution is 2.28. The molecule has 2 fully saturated rings. The SMILES string of the molecule is O=C(NCCCN1CCCC1)C1CCN(c2nc3ccccc3n2Cc2ccccc2F)CC1. The number of amides is 1. The molecule has 5 rings (SSSR count). The number of piperidine rings is 1. The molecule has 2 saturated heterocycles. The van der Waals surface area contributed by atoms with Crippen molar-refractivity contribution in [1.82, 2.24) is 19.8 Å². The number of carbonyl (C=O) groups is 1. The number of hydrogen-bond acceptors (Lipinski definition) is 4. The summed E-state index contributed by atoms with van der Waals surface area (Å²) in [7, 11) is 0. The summed E-state index contributed by atoms with van der Waals surface area (Å²) >= 11 is 0. The van der Waals surface area contributed by atoms with Crippen LogP contribution >= 0.6 is 0 Å². The van der Waals surface area contributed by atoms with Crippen LogP contribution in [0.1, 0.15) is 37.7 Å². The van der Waals surface area contributed by atoms with Gasteiger partial charge in [-0.15, -0.1) is 0 Å². The number of para-hydroxylation sites is 2. The van der Waals surface area contributed by atoms with Crippen LogP contribution in [0, 0.1) is 11.7 Å². The molecule has 6 nitrogen and oxygen atoms in total. The predicted molar refractivity (Wildman–Crippen MR) is 133 cm³/mol. The molecule has 0 spiro atoms. The fourth-order valence-electron chi connectivity index (χ4n) is 5.26. The van der Waals surface area contributed by atoms with Gasteiger partial charge < -0.3 is 19.7 Å². The summed E-state index contributed by atoms with van der Waals surface area (Å²) in [5.41, 5.74) is 2.56. The molecule has 0 aliphatic carbocycles. The van der Waals surface area contributed by atoms with Gasteiger partial charge in [-0.25, -0.2) is 9.37 Å². The van der Waals surface area contributed by atoms with Gasteiger partial charge in [0.05, 0.1) is 17.6 Å². The summed E-state index contributed by atoms with van der Waals surface area (Å²) in [6.07, 6.45) is 5.24. The Morgan fingerprint density at radius 1 is 1.00 bits per heavy atom. The van der Waals surface area contributed by atoms with Crippen molar-refractivity contribution in [3.63, 3.8) is 0 Å². The third-order valence-corrected chi connectivity index (χ3v) is 7.22. The lowest BCUT2D eigenvalue weighted by molar-refractivity contribution is -0.125. The normalized spacial score (nSPS) is 17.5. The number of halogens is 1. The van der Waals surface area contributed by atoms with Crippen LogP contribution in [0.15, 0.2) is 48.5 Å². The van der Waals surface area contributed by atoms with E-state index in [2.05, 4.69) is 19.7 Å². The van der Waals surface area contributed by atoms with Crippen LogP contribution in [0.4, 0.5) is 10.3 Å². The number of fused-ring (bicyclic) bond motifs is 1. The molecule has 1 aromatic heterocycles. The number of carbonyl (C=O) groups excluding carboxylic acids is 1. The number of imidazole rings is 1. The number of anilines is 1. The number of benzene rings is 2. The average Bonchev–Trinajstić information content (AvgIpc) is 3.51. The van der Waals surface area contributed by atoms with Crippen molar-refractivity contribution in [2.75, 3.05) is 44.2 Å². The fourth-order valence-corrected chi connectivity index (χ4v) is 5.26. The molecular weight excluding hydrogens is 429 g/mol. The molecular formula is C27H34FN5O. The molecule has 1 N–H and O–H groups in total. The van der Waals surface area contributed by atoms with Crippen molar-refractivity contribution >= 4 is 22.9 Å². The number of rotatable bonds is 8. The van der Waals surface area contributed by atoms with E-state index in [0.717, 1.165) is 62.4 Å². The highest BCUT2D eigenvalue weighted by molar-refractivity contribution is 5.80. The number of nitrogens with zero attached hydrogens (tertiary/aromatic N) is 4. The molecule has 0 bridgehead atoms. The van der Waals surface area contributed by atoms with E-state index in [0.29, 0.717) is 12.1 Å². The predicted octanol–water partition coefficient (Wildman–Crippen LogP) is 4.04. The van der Waals surface area contributed by atoms with Gasteiger partial charge >= 0.3 is 0 Å². The molecule has 2 aromatic carbocycles. The summed E-state index contributed by atoms with van der Waals surface area (Å²) in [5, 5.41) is 3.16. The van der Waals surface area contributed by atoms with Gasteiger partial charge in [-0.05, 0) is 69.9 Å². The van der Waals surface area contributed by atoms with Crippen molar-refractivity contribution < 1.29 is 9.18 Å². The fraction of sp³-hybridized carbons (Fsp3) is 0.481. The van der Waals surface area contributed by atoms with E-state index in [1.807, 2.05) is 36.4 Å². The maximum Gasteiger partial charge on any atom is 0.223 e. The molecule has 1 amide bonds. The maximum atomic E-state index is 14.4. The molecule has 3 heterocycles. The van der Waals surface area contributed by atoms with E-state index in [1.54, 1.807) is 6.07 Å². The van der Waals surface area contributed by atoms with Gasteiger partial charge in [0, 0.05) is 31.1 Å². The molecule has 0 radical (unpaired) electrons. The van der Waals surface area contributed by atoms with Crippen LogP contribution in [0.25, 0.3) is 11.0 Å². The van der Waals surface area contributed by atoms with E-state index in [4.69, 9.17) is 4.98 Å². The first-order valence-electron chi connectivity index (χ1n) is 12.6. The molecule has 0 atom stereocenters. The lowest BCUT2D eigenvalue weighted by Gasteiger charge is -2.32. The van der Waals surface area contributed by atoms with Crippen molar-refractivity contribution in [2.24, 2.45) is 5.92 Å². The van der Waals surface area contributed by atoms with Gasteiger partial charge in [-0.2, -0.15) is 0 Å². The van der Waals surface area contributed by atoms with E-state index in [1.165, 1.54) is 32.0 Å². The zero-order valence-corrected chi connectivity index (χ0v) is 19.8. The first-order valence-corrected chi connectivity index (χ1v) is 12.6. The minimum absolute atomic E-state index is 0.0485. The van der Waals surface area contributed by atoms with E-state index in [9.17, 15) is 9.18 Å². The van der Waals surface area contributed by atoms with Crippen LogP contribution in [-0.4, -0.2) is 59.6 Å². The van der Waals surface area contributed by atoms with Gasteiger partial charge in [-0.3, -0.25) is 4.79 Å². The second-order valence-corrected chi connectivity index (χ2v) is 9.53. The summed E-state index contributed by atoms with van der Waals surface area (Å²) < 4.78 is 16.5. The lowest BCUT2D eigenvalue weighted by atomic mass is 9.96. The molecule has 2 aliphatic rings. The Morgan fingerprint density at radius 2 is 1.74 bits per heavy atom. The summed E-state index contributed by atoms with van der Waals surface area (Å²) in [4.78, 5) is 22.3. The van der Waals surface area contributed by atoms with Crippen LogP contribution in [-0.2, 0) is 11.3 Å². The van der Waals surface area contributed by atoms with Crippen molar-refractivity contribution in [3.8, 4) is 0 Å². The molecule has 0 saturated carbocycles. The molecule has 7 heteroatoms. The van der Waals surface area contributed by atoms with E-state index >= 15 is 0 Å². The summed E-state index contributed by atoms with van der Waals surface area (Å²) in [6, 6.07) is 14.9. The Hall–Kier alpha value is -2.93. The second kappa shape index (κ2) is 10.6. The van der Waals surface area contributed by atoms with E-state index in [-0.39, 0.29) is 17.6 Å². The highest BCUT2D eigenvalue weighted by Gasteiger charge is 2.28.